The number of carbonyl (C=O) groups excluding carboxylic acids is 2. The first kappa shape index (κ1) is 21.0. The Morgan fingerprint density at radius 2 is 1.82 bits per heavy atom. The molecule has 176 valence electrons. The van der Waals surface area contributed by atoms with Gasteiger partial charge in [0.1, 0.15) is 5.52 Å². The smallest absolute Gasteiger partial charge is 0.253 e. The minimum Gasteiger partial charge on any atom is -0.454 e. The van der Waals surface area contributed by atoms with E-state index in [1.54, 1.807) is 0 Å². The van der Waals surface area contributed by atoms with Gasteiger partial charge in [0, 0.05) is 37.5 Å². The Morgan fingerprint density at radius 1 is 1.00 bits per heavy atom. The van der Waals surface area contributed by atoms with Gasteiger partial charge in [0.15, 0.2) is 23.0 Å². The molecule has 2 fully saturated rings. The van der Waals surface area contributed by atoms with Crippen LogP contribution >= 0.6 is 0 Å². The van der Waals surface area contributed by atoms with Gasteiger partial charge in [0.25, 0.3) is 5.91 Å². The lowest BCUT2D eigenvalue weighted by Gasteiger charge is -2.31. The van der Waals surface area contributed by atoms with Crippen molar-refractivity contribution in [2.24, 2.45) is 5.92 Å². The average Bonchev–Trinajstić information content (AvgIpc) is 3.45. The molecule has 0 bridgehead atoms. The minimum absolute atomic E-state index is 0.0172. The number of amides is 2. The third-order valence-electron chi connectivity index (χ3n) is 6.88. The van der Waals surface area contributed by atoms with Gasteiger partial charge in [-0.05, 0) is 67.5 Å². The molecular formula is C26H27N3O5. The number of carbonyl (C=O) groups is 2. The summed E-state index contributed by atoms with van der Waals surface area (Å²) < 4.78 is 16.5. The van der Waals surface area contributed by atoms with E-state index in [1.807, 2.05) is 41.3 Å². The summed E-state index contributed by atoms with van der Waals surface area (Å²) in [5.74, 6) is 3.01. The third kappa shape index (κ3) is 4.32. The maximum absolute atomic E-state index is 13.0. The molecule has 1 saturated carbocycles. The molecule has 34 heavy (non-hydrogen) atoms. The van der Waals surface area contributed by atoms with Crippen LogP contribution in [0.15, 0.2) is 40.8 Å². The van der Waals surface area contributed by atoms with Gasteiger partial charge in [-0.3, -0.25) is 9.59 Å². The standard InChI is InChI=1S/C26H27N3O5/c30-24(27-14-17-1-5-22-23(11-17)33-15-32-22)12-16-7-9-29(10-8-16)26(31)19-4-6-21-20(13-19)28-25(34-21)18-2-3-18/h1,4-6,11,13,16,18H,2-3,7-10,12,14-15H2,(H,27,30). The molecule has 0 radical (unpaired) electrons. The number of nitrogens with one attached hydrogen (secondary N) is 1. The van der Waals surface area contributed by atoms with Crippen molar-refractivity contribution >= 4 is 22.9 Å². The lowest BCUT2D eigenvalue weighted by molar-refractivity contribution is -0.122. The molecule has 0 spiro atoms. The molecule has 3 aromatic rings. The van der Waals surface area contributed by atoms with Crippen molar-refractivity contribution < 1.29 is 23.5 Å². The second-order valence-corrected chi connectivity index (χ2v) is 9.41. The molecule has 3 aliphatic rings. The second-order valence-electron chi connectivity index (χ2n) is 9.41. The molecular weight excluding hydrogens is 434 g/mol. The van der Waals surface area contributed by atoms with Gasteiger partial charge in [-0.2, -0.15) is 0 Å². The highest BCUT2D eigenvalue weighted by molar-refractivity contribution is 5.97. The van der Waals surface area contributed by atoms with Crippen molar-refractivity contribution in [2.75, 3.05) is 19.9 Å². The number of hydrogen-bond acceptors (Lipinski definition) is 6. The van der Waals surface area contributed by atoms with Gasteiger partial charge in [-0.1, -0.05) is 6.07 Å². The minimum atomic E-state index is 0.0172. The van der Waals surface area contributed by atoms with E-state index in [9.17, 15) is 9.59 Å². The molecule has 1 aromatic heterocycles. The van der Waals surface area contributed by atoms with Crippen LogP contribution in [0.5, 0.6) is 11.5 Å². The SMILES string of the molecule is O=C(CC1CCN(C(=O)c2ccc3oc(C4CC4)nc3c2)CC1)NCc1ccc2c(c1)OCO2. The van der Waals surface area contributed by atoms with Crippen LogP contribution in [-0.4, -0.2) is 41.6 Å². The van der Waals surface area contributed by atoms with Gasteiger partial charge < -0.3 is 24.1 Å². The molecule has 8 heteroatoms. The van der Waals surface area contributed by atoms with Crippen molar-refractivity contribution in [3.63, 3.8) is 0 Å². The van der Waals surface area contributed by atoms with E-state index in [2.05, 4.69) is 10.3 Å². The van der Waals surface area contributed by atoms with Crippen LogP contribution in [0.2, 0.25) is 0 Å². The normalized spacial score (nSPS) is 17.8. The molecule has 2 amide bonds. The van der Waals surface area contributed by atoms with Gasteiger partial charge in [-0.25, -0.2) is 4.98 Å². The Hall–Kier alpha value is -3.55. The zero-order valence-corrected chi connectivity index (χ0v) is 18.9. The van der Waals surface area contributed by atoms with Crippen LogP contribution in [0.1, 0.15) is 59.8 Å². The zero-order valence-electron chi connectivity index (χ0n) is 18.9. The molecule has 3 heterocycles. The van der Waals surface area contributed by atoms with E-state index in [1.165, 1.54) is 0 Å². The lowest BCUT2D eigenvalue weighted by atomic mass is 9.92. The van der Waals surface area contributed by atoms with Crippen LogP contribution in [0, 0.1) is 5.92 Å². The largest absolute Gasteiger partial charge is 0.454 e. The number of aromatic nitrogens is 1. The highest BCUT2D eigenvalue weighted by atomic mass is 16.7. The Balaban J connectivity index is 0.991. The monoisotopic (exact) mass is 461 g/mol. The quantitative estimate of drug-likeness (QED) is 0.597. The highest BCUT2D eigenvalue weighted by Crippen LogP contribution is 2.40. The summed E-state index contributed by atoms with van der Waals surface area (Å²) in [6.07, 6.45) is 4.37. The molecule has 6 rings (SSSR count). The van der Waals surface area contributed by atoms with E-state index < -0.39 is 0 Å². The van der Waals surface area contributed by atoms with Gasteiger partial charge in [0.05, 0.1) is 0 Å². The summed E-state index contributed by atoms with van der Waals surface area (Å²) >= 11 is 0. The number of piperidine rings is 1. The summed E-state index contributed by atoms with van der Waals surface area (Å²) in [4.78, 5) is 32.0. The van der Waals surface area contributed by atoms with Gasteiger partial charge in [-0.15, -0.1) is 0 Å². The fourth-order valence-corrected chi connectivity index (χ4v) is 4.69. The summed E-state index contributed by atoms with van der Waals surface area (Å²) in [6.45, 7) is 2.01. The van der Waals surface area contributed by atoms with Crippen molar-refractivity contribution in [1.82, 2.24) is 15.2 Å². The van der Waals surface area contributed by atoms with Gasteiger partial charge in [0.2, 0.25) is 12.7 Å². The maximum atomic E-state index is 13.0. The fraction of sp³-hybridized carbons (Fsp3) is 0.423. The van der Waals surface area contributed by atoms with Crippen molar-refractivity contribution in [3.8, 4) is 11.5 Å². The second kappa shape index (κ2) is 8.66. The van der Waals surface area contributed by atoms with E-state index in [4.69, 9.17) is 13.9 Å². The number of ether oxygens (including phenoxy) is 2. The van der Waals surface area contributed by atoms with Crippen LogP contribution in [0.3, 0.4) is 0 Å². The number of benzene rings is 2. The van der Waals surface area contributed by atoms with Crippen molar-refractivity contribution in [1.29, 1.82) is 0 Å². The maximum Gasteiger partial charge on any atom is 0.253 e. The average molecular weight is 462 g/mol. The number of oxazole rings is 1. The molecule has 1 N–H and O–H groups in total. The first-order valence-electron chi connectivity index (χ1n) is 12.0. The summed E-state index contributed by atoms with van der Waals surface area (Å²) in [5.41, 5.74) is 3.11. The first-order chi connectivity index (χ1) is 16.6. The van der Waals surface area contributed by atoms with Crippen molar-refractivity contribution in [2.45, 2.75) is 44.6 Å². The zero-order chi connectivity index (χ0) is 23.1. The number of fused-ring (bicyclic) bond motifs is 2. The lowest BCUT2D eigenvalue weighted by Crippen LogP contribution is -2.39. The van der Waals surface area contributed by atoms with E-state index in [0.717, 1.165) is 59.7 Å². The Labute approximate surface area is 197 Å². The molecule has 8 nitrogen and oxygen atoms in total. The van der Waals surface area contributed by atoms with E-state index in [0.29, 0.717) is 37.5 Å². The molecule has 0 unspecified atom stereocenters. The Morgan fingerprint density at radius 3 is 2.65 bits per heavy atom. The van der Waals surface area contributed by atoms with Crippen LogP contribution in [0.25, 0.3) is 11.1 Å². The molecule has 0 atom stereocenters. The van der Waals surface area contributed by atoms with Crippen LogP contribution < -0.4 is 14.8 Å². The van der Waals surface area contributed by atoms with Crippen molar-refractivity contribution in [3.05, 3.63) is 53.4 Å². The van der Waals surface area contributed by atoms with Gasteiger partial charge >= 0.3 is 0 Å². The van der Waals surface area contributed by atoms with E-state index in [-0.39, 0.29) is 24.5 Å². The van der Waals surface area contributed by atoms with E-state index >= 15 is 0 Å². The summed E-state index contributed by atoms with van der Waals surface area (Å²) in [5, 5.41) is 3.00. The number of rotatable bonds is 6. The topological polar surface area (TPSA) is 93.9 Å². The first-order valence-corrected chi connectivity index (χ1v) is 12.0. The van der Waals surface area contributed by atoms with Crippen LogP contribution in [0.4, 0.5) is 0 Å². The van der Waals surface area contributed by atoms with Crippen LogP contribution in [-0.2, 0) is 11.3 Å². The molecule has 2 aromatic carbocycles. The number of nitrogens with zero attached hydrogens (tertiary/aromatic N) is 2. The molecule has 2 aliphatic heterocycles. The Bertz CT molecular complexity index is 1240. The third-order valence-corrected chi connectivity index (χ3v) is 6.88. The molecule has 1 aliphatic carbocycles. The fourth-order valence-electron chi connectivity index (χ4n) is 4.69. The number of hydrogen-bond donors (Lipinski definition) is 1. The summed E-state index contributed by atoms with van der Waals surface area (Å²) in [7, 11) is 0. The number of likely N-dealkylation sites (tertiary alicyclic amines) is 1. The molecule has 1 saturated heterocycles. The Kier molecular flexibility index (Phi) is 5.36. The predicted molar refractivity (Wildman–Crippen MR) is 124 cm³/mol. The predicted octanol–water partition coefficient (Wildman–Crippen LogP) is 3.99. The summed E-state index contributed by atoms with van der Waals surface area (Å²) in [6, 6.07) is 11.2. The highest BCUT2D eigenvalue weighted by Gasteiger charge is 2.29.